The predicted molar refractivity (Wildman–Crippen MR) is 86.2 cm³/mol. The van der Waals surface area contributed by atoms with Gasteiger partial charge in [-0.3, -0.25) is 0 Å². The Hall–Kier alpha value is -1.18. The summed E-state index contributed by atoms with van der Waals surface area (Å²) in [4.78, 5) is 0. The van der Waals surface area contributed by atoms with Gasteiger partial charge in [0.2, 0.25) is 0 Å². The van der Waals surface area contributed by atoms with E-state index >= 15 is 0 Å². The van der Waals surface area contributed by atoms with Gasteiger partial charge < -0.3 is 9.47 Å². The number of ether oxygens (including phenoxy) is 2. The van der Waals surface area contributed by atoms with Crippen LogP contribution in [0.4, 0.5) is 0 Å². The zero-order chi connectivity index (χ0) is 15.6. The number of rotatable bonds is 4. The van der Waals surface area contributed by atoms with Gasteiger partial charge >= 0.3 is 0 Å². The van der Waals surface area contributed by atoms with Gasteiger partial charge in [0.05, 0.1) is 13.2 Å². The van der Waals surface area contributed by atoms with Crippen LogP contribution < -0.4 is 9.47 Å². The molecule has 0 amide bonds. The fourth-order valence-corrected chi connectivity index (χ4v) is 2.49. The molecule has 0 spiro atoms. The lowest BCUT2D eigenvalue weighted by molar-refractivity contribution is 0.279. The van der Waals surface area contributed by atoms with E-state index in [0.717, 1.165) is 11.5 Å². The van der Waals surface area contributed by atoms with E-state index < -0.39 is 0 Å². The van der Waals surface area contributed by atoms with Crippen LogP contribution in [0.1, 0.15) is 66.5 Å². The van der Waals surface area contributed by atoms with Crippen molar-refractivity contribution in [2.24, 2.45) is 0 Å². The van der Waals surface area contributed by atoms with Gasteiger partial charge in [0.15, 0.2) is 11.5 Å². The van der Waals surface area contributed by atoms with Gasteiger partial charge in [-0.1, -0.05) is 47.6 Å². The monoisotopic (exact) mass is 278 g/mol. The first-order valence-corrected chi connectivity index (χ1v) is 7.56. The second kappa shape index (κ2) is 6.07. The molecule has 0 aliphatic heterocycles. The van der Waals surface area contributed by atoms with Crippen LogP contribution in [-0.4, -0.2) is 13.2 Å². The molecule has 2 nitrogen and oxygen atoms in total. The van der Waals surface area contributed by atoms with E-state index in [0.29, 0.717) is 13.2 Å². The maximum absolute atomic E-state index is 5.96. The summed E-state index contributed by atoms with van der Waals surface area (Å²) in [5, 5.41) is 0. The Labute approximate surface area is 124 Å². The summed E-state index contributed by atoms with van der Waals surface area (Å²) in [6.45, 7) is 18.8. The summed E-state index contributed by atoms with van der Waals surface area (Å²) >= 11 is 0. The third-order valence-electron chi connectivity index (χ3n) is 3.27. The molecular weight excluding hydrogens is 248 g/mol. The van der Waals surface area contributed by atoms with E-state index in [-0.39, 0.29) is 10.8 Å². The van der Waals surface area contributed by atoms with Crippen LogP contribution in [0.15, 0.2) is 12.1 Å². The number of benzene rings is 1. The van der Waals surface area contributed by atoms with E-state index in [9.17, 15) is 0 Å². The Morgan fingerprint density at radius 2 is 1.35 bits per heavy atom. The fourth-order valence-electron chi connectivity index (χ4n) is 2.49. The third-order valence-corrected chi connectivity index (χ3v) is 3.27. The molecule has 0 heterocycles. The first-order chi connectivity index (χ1) is 9.12. The zero-order valence-electron chi connectivity index (χ0n) is 14.4. The average molecular weight is 278 g/mol. The molecule has 2 heteroatoms. The van der Waals surface area contributed by atoms with Crippen molar-refractivity contribution in [2.75, 3.05) is 13.2 Å². The molecule has 0 saturated heterocycles. The van der Waals surface area contributed by atoms with Crippen LogP contribution in [0.5, 0.6) is 11.5 Å². The van der Waals surface area contributed by atoms with Crippen LogP contribution in [-0.2, 0) is 10.8 Å². The summed E-state index contributed by atoms with van der Waals surface area (Å²) < 4.78 is 11.7. The lowest BCUT2D eigenvalue weighted by Crippen LogP contribution is -2.23. The minimum absolute atomic E-state index is 0.0141. The zero-order valence-corrected chi connectivity index (χ0v) is 14.4. The molecule has 0 unspecified atom stereocenters. The highest BCUT2D eigenvalue weighted by Crippen LogP contribution is 2.44. The SMILES string of the molecule is CCOc1ccc(C(C)(C)C)c(C(C)(C)C)c1OCC. The minimum Gasteiger partial charge on any atom is -0.490 e. The molecule has 0 fully saturated rings. The van der Waals surface area contributed by atoms with Gasteiger partial charge in [-0.25, -0.2) is 0 Å². The first kappa shape index (κ1) is 16.9. The lowest BCUT2D eigenvalue weighted by Gasteiger charge is -2.32. The second-order valence-electron chi connectivity index (χ2n) is 7.18. The van der Waals surface area contributed by atoms with Gasteiger partial charge in [-0.15, -0.1) is 0 Å². The molecule has 0 N–H and O–H groups in total. The van der Waals surface area contributed by atoms with Crippen molar-refractivity contribution in [2.45, 2.75) is 66.2 Å². The summed E-state index contributed by atoms with van der Waals surface area (Å²) in [5.41, 5.74) is 2.69. The highest BCUT2D eigenvalue weighted by Gasteiger charge is 2.30. The molecule has 0 aliphatic rings. The number of hydrogen-bond donors (Lipinski definition) is 0. The van der Waals surface area contributed by atoms with Crippen LogP contribution in [0.3, 0.4) is 0 Å². The summed E-state index contributed by atoms with van der Waals surface area (Å²) in [6, 6.07) is 4.23. The van der Waals surface area contributed by atoms with Crippen molar-refractivity contribution in [1.29, 1.82) is 0 Å². The molecule has 20 heavy (non-hydrogen) atoms. The maximum atomic E-state index is 5.96. The quantitative estimate of drug-likeness (QED) is 0.764. The van der Waals surface area contributed by atoms with Crippen molar-refractivity contribution in [1.82, 2.24) is 0 Å². The van der Waals surface area contributed by atoms with Crippen molar-refractivity contribution < 1.29 is 9.47 Å². The van der Waals surface area contributed by atoms with Gasteiger partial charge in [0.25, 0.3) is 0 Å². The summed E-state index contributed by atoms with van der Waals surface area (Å²) in [5.74, 6) is 1.77. The average Bonchev–Trinajstić information content (AvgIpc) is 2.28. The summed E-state index contributed by atoms with van der Waals surface area (Å²) in [7, 11) is 0. The topological polar surface area (TPSA) is 18.5 Å². The standard InChI is InChI=1S/C18H30O2/c1-9-19-14-12-11-13(17(3,4)5)15(18(6,7)8)16(14)20-10-2/h11-12H,9-10H2,1-8H3. The van der Waals surface area contributed by atoms with Gasteiger partial charge in [-0.05, 0) is 36.3 Å². The normalized spacial score (nSPS) is 12.4. The van der Waals surface area contributed by atoms with Crippen molar-refractivity contribution in [3.8, 4) is 11.5 Å². The molecule has 0 aromatic heterocycles. The molecule has 0 bridgehead atoms. The Kier molecular flexibility index (Phi) is 5.12. The molecule has 114 valence electrons. The van der Waals surface area contributed by atoms with E-state index in [2.05, 4.69) is 47.6 Å². The van der Waals surface area contributed by atoms with Crippen LogP contribution in [0.25, 0.3) is 0 Å². The van der Waals surface area contributed by atoms with Crippen molar-refractivity contribution in [3.63, 3.8) is 0 Å². The largest absolute Gasteiger partial charge is 0.490 e. The first-order valence-electron chi connectivity index (χ1n) is 7.56. The molecule has 1 rings (SSSR count). The predicted octanol–water partition coefficient (Wildman–Crippen LogP) is 5.08. The van der Waals surface area contributed by atoms with Crippen LogP contribution in [0, 0.1) is 0 Å². The molecule has 0 saturated carbocycles. The lowest BCUT2D eigenvalue weighted by atomic mass is 9.74. The van der Waals surface area contributed by atoms with E-state index in [1.54, 1.807) is 0 Å². The van der Waals surface area contributed by atoms with Gasteiger partial charge in [0.1, 0.15) is 0 Å². The Balaban J connectivity index is 3.62. The molecule has 0 aliphatic carbocycles. The number of hydrogen-bond acceptors (Lipinski definition) is 2. The molecular formula is C18H30O2. The Morgan fingerprint density at radius 3 is 1.75 bits per heavy atom. The Bertz CT molecular complexity index is 448. The molecule has 0 atom stereocenters. The minimum atomic E-state index is 0.0141. The maximum Gasteiger partial charge on any atom is 0.165 e. The van der Waals surface area contributed by atoms with Gasteiger partial charge in [0, 0.05) is 5.56 Å². The van der Waals surface area contributed by atoms with Crippen molar-refractivity contribution >= 4 is 0 Å². The summed E-state index contributed by atoms with van der Waals surface area (Å²) in [6.07, 6.45) is 0. The van der Waals surface area contributed by atoms with E-state index in [1.165, 1.54) is 11.1 Å². The fraction of sp³-hybridized carbons (Fsp3) is 0.667. The van der Waals surface area contributed by atoms with Gasteiger partial charge in [-0.2, -0.15) is 0 Å². The van der Waals surface area contributed by atoms with E-state index in [4.69, 9.17) is 9.47 Å². The molecule has 1 aromatic carbocycles. The molecule has 1 aromatic rings. The second-order valence-corrected chi connectivity index (χ2v) is 7.18. The van der Waals surface area contributed by atoms with E-state index in [1.807, 2.05) is 19.9 Å². The highest BCUT2D eigenvalue weighted by atomic mass is 16.5. The third kappa shape index (κ3) is 3.68. The highest BCUT2D eigenvalue weighted by molar-refractivity contribution is 5.55. The Morgan fingerprint density at radius 1 is 0.800 bits per heavy atom. The van der Waals surface area contributed by atoms with Crippen LogP contribution >= 0.6 is 0 Å². The molecule has 0 radical (unpaired) electrons. The smallest absolute Gasteiger partial charge is 0.165 e. The van der Waals surface area contributed by atoms with Crippen LogP contribution in [0.2, 0.25) is 0 Å². The van der Waals surface area contributed by atoms with Crippen molar-refractivity contribution in [3.05, 3.63) is 23.3 Å².